The lowest BCUT2D eigenvalue weighted by molar-refractivity contribution is 0.0659. The highest BCUT2D eigenvalue weighted by Gasteiger charge is 2.20. The van der Waals surface area contributed by atoms with E-state index in [4.69, 9.17) is 9.52 Å². The first-order valence-electron chi connectivity index (χ1n) is 6.67. The second kappa shape index (κ2) is 5.91. The lowest BCUT2D eigenvalue weighted by atomic mass is 9.83. The second-order valence-corrected chi connectivity index (χ2v) is 5.30. The molecule has 0 saturated heterocycles. The zero-order valence-corrected chi connectivity index (χ0v) is 11.0. The van der Waals surface area contributed by atoms with Crippen LogP contribution in [0.1, 0.15) is 53.7 Å². The van der Waals surface area contributed by atoms with E-state index in [1.54, 1.807) is 0 Å². The minimum absolute atomic E-state index is 0.0570. The summed E-state index contributed by atoms with van der Waals surface area (Å²) < 4.78 is 4.95. The molecule has 0 radical (unpaired) electrons. The standard InChI is InChI=1S/C14H19NO4/c1-9-2-4-10(5-3-9)8-15-13(16)11-6-7-12(19-11)14(17)18/h6-7,9-10H,2-5,8H2,1H3,(H,15,16)(H,17,18). The Balaban J connectivity index is 1.82. The van der Waals surface area contributed by atoms with Crippen LogP contribution in [0, 0.1) is 11.8 Å². The Bertz CT molecular complexity index is 458. The van der Waals surface area contributed by atoms with Crippen LogP contribution in [0.3, 0.4) is 0 Å². The lowest BCUT2D eigenvalue weighted by Gasteiger charge is -2.26. The number of carbonyl (C=O) groups excluding carboxylic acids is 1. The van der Waals surface area contributed by atoms with Gasteiger partial charge in [0.15, 0.2) is 5.76 Å². The Labute approximate surface area is 112 Å². The molecule has 5 nitrogen and oxygen atoms in total. The Morgan fingerprint density at radius 3 is 2.47 bits per heavy atom. The van der Waals surface area contributed by atoms with Crippen LogP contribution < -0.4 is 5.32 Å². The summed E-state index contributed by atoms with van der Waals surface area (Å²) >= 11 is 0. The van der Waals surface area contributed by atoms with E-state index < -0.39 is 5.97 Å². The number of hydrogen-bond donors (Lipinski definition) is 2. The highest BCUT2D eigenvalue weighted by Crippen LogP contribution is 2.27. The van der Waals surface area contributed by atoms with Crippen molar-refractivity contribution in [2.75, 3.05) is 6.54 Å². The first-order valence-corrected chi connectivity index (χ1v) is 6.67. The maximum Gasteiger partial charge on any atom is 0.371 e. The van der Waals surface area contributed by atoms with E-state index in [0.29, 0.717) is 12.5 Å². The summed E-state index contributed by atoms with van der Waals surface area (Å²) in [7, 11) is 0. The fraction of sp³-hybridized carbons (Fsp3) is 0.571. The molecule has 2 N–H and O–H groups in total. The van der Waals surface area contributed by atoms with Crippen molar-refractivity contribution in [2.45, 2.75) is 32.6 Å². The number of hydrogen-bond acceptors (Lipinski definition) is 3. The first kappa shape index (κ1) is 13.6. The summed E-state index contributed by atoms with van der Waals surface area (Å²) in [5, 5.41) is 11.5. The minimum atomic E-state index is -1.17. The van der Waals surface area contributed by atoms with Gasteiger partial charge in [0.1, 0.15) is 0 Å². The summed E-state index contributed by atoms with van der Waals surface area (Å²) in [5.41, 5.74) is 0. The molecule has 0 atom stereocenters. The van der Waals surface area contributed by atoms with Crippen molar-refractivity contribution in [3.63, 3.8) is 0 Å². The van der Waals surface area contributed by atoms with E-state index in [-0.39, 0.29) is 17.4 Å². The summed E-state index contributed by atoms with van der Waals surface area (Å²) in [6, 6.07) is 2.68. The third kappa shape index (κ3) is 3.59. The molecule has 1 aromatic rings. The highest BCUT2D eigenvalue weighted by atomic mass is 16.4. The highest BCUT2D eigenvalue weighted by molar-refractivity contribution is 5.93. The summed E-state index contributed by atoms with van der Waals surface area (Å²) in [5.74, 6) is -0.353. The molecule has 0 aliphatic heterocycles. The van der Waals surface area contributed by atoms with Crippen LogP contribution in [-0.2, 0) is 0 Å². The molecule has 1 fully saturated rings. The average Bonchev–Trinajstić information content (AvgIpc) is 2.87. The van der Waals surface area contributed by atoms with E-state index >= 15 is 0 Å². The van der Waals surface area contributed by atoms with Gasteiger partial charge >= 0.3 is 5.97 Å². The average molecular weight is 265 g/mol. The monoisotopic (exact) mass is 265 g/mol. The van der Waals surface area contributed by atoms with Crippen molar-refractivity contribution in [1.29, 1.82) is 0 Å². The van der Waals surface area contributed by atoms with Gasteiger partial charge in [-0.2, -0.15) is 0 Å². The Hall–Kier alpha value is -1.78. The van der Waals surface area contributed by atoms with Crippen LogP contribution in [0.15, 0.2) is 16.5 Å². The van der Waals surface area contributed by atoms with Crippen molar-refractivity contribution < 1.29 is 19.1 Å². The quantitative estimate of drug-likeness (QED) is 0.876. The van der Waals surface area contributed by atoms with Gasteiger partial charge in [-0.3, -0.25) is 4.79 Å². The maximum atomic E-state index is 11.8. The fourth-order valence-electron chi connectivity index (χ4n) is 2.43. The second-order valence-electron chi connectivity index (χ2n) is 5.30. The van der Waals surface area contributed by atoms with E-state index in [1.807, 2.05) is 0 Å². The van der Waals surface area contributed by atoms with Crippen molar-refractivity contribution in [3.05, 3.63) is 23.7 Å². The number of carboxylic acid groups (broad SMARTS) is 1. The number of carboxylic acids is 1. The van der Waals surface area contributed by atoms with Gasteiger partial charge < -0.3 is 14.8 Å². The molecule has 0 unspecified atom stereocenters. The largest absolute Gasteiger partial charge is 0.475 e. The SMILES string of the molecule is CC1CCC(CNC(=O)c2ccc(C(=O)O)o2)CC1. The molecule has 1 heterocycles. The predicted molar refractivity (Wildman–Crippen MR) is 69.1 cm³/mol. The molecule has 1 saturated carbocycles. The van der Waals surface area contributed by atoms with Gasteiger partial charge in [0.25, 0.3) is 5.91 Å². The maximum absolute atomic E-state index is 11.8. The fourth-order valence-corrected chi connectivity index (χ4v) is 2.43. The zero-order valence-electron chi connectivity index (χ0n) is 11.0. The summed E-state index contributed by atoms with van der Waals surface area (Å²) in [4.78, 5) is 22.4. The van der Waals surface area contributed by atoms with Crippen LogP contribution in [0.2, 0.25) is 0 Å². The van der Waals surface area contributed by atoms with Crippen molar-refractivity contribution in [3.8, 4) is 0 Å². The number of rotatable bonds is 4. The molecule has 104 valence electrons. The molecular formula is C14H19NO4. The van der Waals surface area contributed by atoms with Gasteiger partial charge in [0.2, 0.25) is 5.76 Å². The molecule has 1 aliphatic rings. The van der Waals surface area contributed by atoms with Crippen LogP contribution >= 0.6 is 0 Å². The molecule has 1 aromatic heterocycles. The predicted octanol–water partition coefficient (Wildman–Crippen LogP) is 2.53. The molecule has 1 aliphatic carbocycles. The van der Waals surface area contributed by atoms with E-state index in [0.717, 1.165) is 18.8 Å². The Morgan fingerprint density at radius 2 is 1.89 bits per heavy atom. The van der Waals surface area contributed by atoms with Crippen molar-refractivity contribution in [1.82, 2.24) is 5.32 Å². The molecule has 2 rings (SSSR count). The molecule has 0 aromatic carbocycles. The molecular weight excluding hydrogens is 246 g/mol. The third-order valence-corrected chi connectivity index (χ3v) is 3.73. The number of nitrogens with one attached hydrogen (secondary N) is 1. The first-order chi connectivity index (χ1) is 9.06. The molecule has 1 amide bonds. The van der Waals surface area contributed by atoms with Crippen LogP contribution in [0.4, 0.5) is 0 Å². The van der Waals surface area contributed by atoms with Gasteiger partial charge in [-0.1, -0.05) is 19.8 Å². The number of furan rings is 1. The van der Waals surface area contributed by atoms with Gasteiger partial charge in [0, 0.05) is 6.54 Å². The molecule has 0 bridgehead atoms. The Morgan fingerprint density at radius 1 is 1.26 bits per heavy atom. The minimum Gasteiger partial charge on any atom is -0.475 e. The van der Waals surface area contributed by atoms with Crippen LogP contribution in [-0.4, -0.2) is 23.5 Å². The normalized spacial score (nSPS) is 23.0. The van der Waals surface area contributed by atoms with E-state index in [9.17, 15) is 9.59 Å². The lowest BCUT2D eigenvalue weighted by Crippen LogP contribution is -2.30. The van der Waals surface area contributed by atoms with Gasteiger partial charge in [0.05, 0.1) is 0 Å². The number of carbonyl (C=O) groups is 2. The third-order valence-electron chi connectivity index (χ3n) is 3.73. The summed E-state index contributed by atoms with van der Waals surface area (Å²) in [6.07, 6.45) is 4.70. The van der Waals surface area contributed by atoms with Crippen molar-refractivity contribution in [2.24, 2.45) is 11.8 Å². The van der Waals surface area contributed by atoms with Gasteiger partial charge in [-0.15, -0.1) is 0 Å². The van der Waals surface area contributed by atoms with Gasteiger partial charge in [-0.05, 0) is 36.8 Å². The Kier molecular flexibility index (Phi) is 4.24. The van der Waals surface area contributed by atoms with Gasteiger partial charge in [-0.25, -0.2) is 4.79 Å². The van der Waals surface area contributed by atoms with Crippen LogP contribution in [0.5, 0.6) is 0 Å². The zero-order chi connectivity index (χ0) is 13.8. The van der Waals surface area contributed by atoms with E-state index in [2.05, 4.69) is 12.2 Å². The summed E-state index contributed by atoms with van der Waals surface area (Å²) in [6.45, 7) is 2.89. The van der Waals surface area contributed by atoms with E-state index in [1.165, 1.54) is 25.0 Å². The number of amides is 1. The smallest absolute Gasteiger partial charge is 0.371 e. The van der Waals surface area contributed by atoms with Crippen LogP contribution in [0.25, 0.3) is 0 Å². The van der Waals surface area contributed by atoms with Crippen molar-refractivity contribution >= 4 is 11.9 Å². The topological polar surface area (TPSA) is 79.5 Å². The molecule has 19 heavy (non-hydrogen) atoms. The molecule has 0 spiro atoms. The molecule has 5 heteroatoms. The number of aromatic carboxylic acids is 1.